The predicted octanol–water partition coefficient (Wildman–Crippen LogP) is 5.51. The van der Waals surface area contributed by atoms with Gasteiger partial charge >= 0.3 is 0 Å². The molecule has 0 fully saturated rings. The van der Waals surface area contributed by atoms with Crippen LogP contribution in [-0.4, -0.2) is 25.7 Å². The molecule has 0 bridgehead atoms. The number of benzene rings is 4. The first-order valence-corrected chi connectivity index (χ1v) is 14.2. The highest BCUT2D eigenvalue weighted by Crippen LogP contribution is 2.30. The number of hydrogen-bond donors (Lipinski definition) is 5. The molecule has 40 heavy (non-hydrogen) atoms. The minimum absolute atomic E-state index is 0.0857. The number of rotatable bonds is 9. The van der Waals surface area contributed by atoms with Gasteiger partial charge in [-0.3, -0.25) is 10.2 Å². The Bertz CT molecular complexity index is 1610. The standard InChI is InChI=1S/C31H33N5O3S/c1-31(2,3)36-40(38,39)27-15-8-7-14-26(27)21-16-18-24(19-17-21)34-28(22-10-5-4-6-11-22)30(37)35-25-13-9-12-23(20-25)29(32)33/h4-20,28,34,36H,1-3H3,(H3,32,33)(H,35,37). The van der Waals surface area contributed by atoms with Crippen molar-refractivity contribution in [3.8, 4) is 11.1 Å². The molecule has 206 valence electrons. The molecule has 4 aromatic carbocycles. The van der Waals surface area contributed by atoms with Crippen LogP contribution < -0.4 is 21.1 Å². The summed E-state index contributed by atoms with van der Waals surface area (Å²) < 4.78 is 28.9. The number of nitrogens with one attached hydrogen (secondary N) is 4. The van der Waals surface area contributed by atoms with Gasteiger partial charge in [0, 0.05) is 28.0 Å². The van der Waals surface area contributed by atoms with E-state index in [9.17, 15) is 13.2 Å². The van der Waals surface area contributed by atoms with Crippen LogP contribution in [0, 0.1) is 5.41 Å². The normalized spacial score (nSPS) is 12.4. The van der Waals surface area contributed by atoms with E-state index in [1.54, 1.807) is 69.3 Å². The van der Waals surface area contributed by atoms with Crippen LogP contribution in [0.2, 0.25) is 0 Å². The lowest BCUT2D eigenvalue weighted by atomic mass is 10.0. The number of hydrogen-bond acceptors (Lipinski definition) is 5. The van der Waals surface area contributed by atoms with Crippen LogP contribution in [0.4, 0.5) is 11.4 Å². The fourth-order valence-electron chi connectivity index (χ4n) is 4.23. The zero-order valence-corrected chi connectivity index (χ0v) is 23.4. The molecule has 0 aliphatic rings. The molecule has 6 N–H and O–H groups in total. The van der Waals surface area contributed by atoms with E-state index in [1.807, 2.05) is 54.6 Å². The van der Waals surface area contributed by atoms with Crippen LogP contribution in [0.25, 0.3) is 11.1 Å². The Morgan fingerprint density at radius 1 is 0.825 bits per heavy atom. The fourth-order valence-corrected chi connectivity index (χ4v) is 5.88. The predicted molar refractivity (Wildman–Crippen MR) is 161 cm³/mol. The fraction of sp³-hybridized carbons (Fsp3) is 0.161. The van der Waals surface area contributed by atoms with E-state index in [-0.39, 0.29) is 16.6 Å². The van der Waals surface area contributed by atoms with Crippen molar-refractivity contribution in [3.63, 3.8) is 0 Å². The van der Waals surface area contributed by atoms with Crippen molar-refractivity contribution in [2.24, 2.45) is 5.73 Å². The van der Waals surface area contributed by atoms with E-state index in [1.165, 1.54) is 0 Å². The second-order valence-corrected chi connectivity index (χ2v) is 12.1. The first kappa shape index (κ1) is 28.5. The summed E-state index contributed by atoms with van der Waals surface area (Å²) in [5.41, 5.74) is 8.76. The summed E-state index contributed by atoms with van der Waals surface area (Å²) in [4.78, 5) is 13.6. The SMILES string of the molecule is CC(C)(C)NS(=O)(=O)c1ccccc1-c1ccc(NC(C(=O)Nc2cccc(C(=N)N)c2)c2ccccc2)cc1. The minimum atomic E-state index is -3.75. The van der Waals surface area contributed by atoms with Gasteiger partial charge in [-0.2, -0.15) is 0 Å². The van der Waals surface area contributed by atoms with Crippen LogP contribution in [0.15, 0.2) is 108 Å². The molecule has 9 heteroatoms. The highest BCUT2D eigenvalue weighted by atomic mass is 32.2. The maximum absolute atomic E-state index is 13.4. The Balaban J connectivity index is 1.61. The molecule has 0 radical (unpaired) electrons. The molecule has 0 saturated heterocycles. The second kappa shape index (κ2) is 11.7. The molecular weight excluding hydrogens is 522 g/mol. The van der Waals surface area contributed by atoms with Gasteiger partial charge in [0.2, 0.25) is 10.0 Å². The number of carbonyl (C=O) groups is 1. The number of amides is 1. The van der Waals surface area contributed by atoms with Crippen molar-refractivity contribution in [1.29, 1.82) is 5.41 Å². The zero-order valence-electron chi connectivity index (χ0n) is 22.6. The number of amidine groups is 1. The molecule has 0 aliphatic heterocycles. The molecule has 0 saturated carbocycles. The topological polar surface area (TPSA) is 137 Å². The first-order chi connectivity index (χ1) is 18.9. The van der Waals surface area contributed by atoms with Crippen LogP contribution >= 0.6 is 0 Å². The molecule has 1 unspecified atom stereocenters. The minimum Gasteiger partial charge on any atom is -0.384 e. The van der Waals surface area contributed by atoms with Gasteiger partial charge in [0.15, 0.2) is 0 Å². The number of carbonyl (C=O) groups excluding carboxylic acids is 1. The summed E-state index contributed by atoms with van der Waals surface area (Å²) in [5, 5.41) is 13.9. The van der Waals surface area contributed by atoms with Gasteiger partial charge in [0.1, 0.15) is 11.9 Å². The Morgan fingerprint density at radius 2 is 1.48 bits per heavy atom. The molecule has 8 nitrogen and oxygen atoms in total. The van der Waals surface area contributed by atoms with E-state index < -0.39 is 21.6 Å². The van der Waals surface area contributed by atoms with Gasteiger partial charge in [-0.05, 0) is 62.2 Å². The van der Waals surface area contributed by atoms with Crippen LogP contribution in [0.5, 0.6) is 0 Å². The van der Waals surface area contributed by atoms with Gasteiger partial charge in [-0.15, -0.1) is 0 Å². The highest BCUT2D eigenvalue weighted by Gasteiger charge is 2.25. The number of sulfonamides is 1. The van der Waals surface area contributed by atoms with Crippen molar-refractivity contribution in [3.05, 3.63) is 114 Å². The summed E-state index contributed by atoms with van der Waals surface area (Å²) in [6.45, 7) is 5.40. The number of nitrogens with two attached hydrogens (primary N) is 1. The molecule has 0 spiro atoms. The molecule has 4 aromatic rings. The van der Waals surface area contributed by atoms with E-state index in [0.717, 1.165) is 11.1 Å². The van der Waals surface area contributed by atoms with Gasteiger partial charge < -0.3 is 16.4 Å². The van der Waals surface area contributed by atoms with E-state index >= 15 is 0 Å². The maximum atomic E-state index is 13.4. The zero-order chi connectivity index (χ0) is 28.9. The third-order valence-electron chi connectivity index (χ3n) is 5.96. The summed E-state index contributed by atoms with van der Waals surface area (Å²) in [6, 6.07) is 29.6. The molecule has 1 amide bonds. The number of anilines is 2. The Hall–Kier alpha value is -4.47. The Kier molecular flexibility index (Phi) is 8.37. The maximum Gasteiger partial charge on any atom is 0.251 e. The quantitative estimate of drug-likeness (QED) is 0.137. The molecular formula is C31H33N5O3S. The van der Waals surface area contributed by atoms with Crippen LogP contribution in [0.1, 0.15) is 37.9 Å². The lowest BCUT2D eigenvalue weighted by molar-refractivity contribution is -0.117. The van der Waals surface area contributed by atoms with Crippen molar-refractivity contribution in [1.82, 2.24) is 4.72 Å². The van der Waals surface area contributed by atoms with Gasteiger partial charge in [-0.1, -0.05) is 72.8 Å². The molecule has 1 atom stereocenters. The van der Waals surface area contributed by atoms with Crippen LogP contribution in [0.3, 0.4) is 0 Å². The molecule has 0 aliphatic carbocycles. The second-order valence-electron chi connectivity index (χ2n) is 10.4. The number of nitrogen functional groups attached to an aromatic ring is 1. The molecule has 4 rings (SSSR count). The average Bonchev–Trinajstić information content (AvgIpc) is 2.91. The van der Waals surface area contributed by atoms with E-state index in [0.29, 0.717) is 22.5 Å². The van der Waals surface area contributed by atoms with E-state index in [4.69, 9.17) is 11.1 Å². The first-order valence-electron chi connectivity index (χ1n) is 12.7. The lowest BCUT2D eigenvalue weighted by Crippen LogP contribution is -2.40. The Morgan fingerprint density at radius 3 is 2.12 bits per heavy atom. The van der Waals surface area contributed by atoms with Gasteiger partial charge in [-0.25, -0.2) is 13.1 Å². The van der Waals surface area contributed by atoms with Gasteiger partial charge in [0.25, 0.3) is 5.91 Å². The van der Waals surface area contributed by atoms with Gasteiger partial charge in [0.05, 0.1) is 4.90 Å². The Labute approximate surface area is 235 Å². The summed E-state index contributed by atoms with van der Waals surface area (Å²) in [5.74, 6) is -0.377. The summed E-state index contributed by atoms with van der Waals surface area (Å²) >= 11 is 0. The van der Waals surface area contributed by atoms with Crippen molar-refractivity contribution >= 4 is 33.1 Å². The smallest absolute Gasteiger partial charge is 0.251 e. The van der Waals surface area contributed by atoms with Crippen molar-refractivity contribution < 1.29 is 13.2 Å². The molecule has 0 aromatic heterocycles. The average molecular weight is 556 g/mol. The molecule has 0 heterocycles. The van der Waals surface area contributed by atoms with Crippen LogP contribution in [-0.2, 0) is 14.8 Å². The monoisotopic (exact) mass is 555 g/mol. The van der Waals surface area contributed by atoms with Crippen molar-refractivity contribution in [2.75, 3.05) is 10.6 Å². The van der Waals surface area contributed by atoms with E-state index in [2.05, 4.69) is 15.4 Å². The largest absolute Gasteiger partial charge is 0.384 e. The summed E-state index contributed by atoms with van der Waals surface area (Å²) in [7, 11) is -3.75. The van der Waals surface area contributed by atoms with Crippen molar-refractivity contribution in [2.45, 2.75) is 37.2 Å². The highest BCUT2D eigenvalue weighted by molar-refractivity contribution is 7.89. The lowest BCUT2D eigenvalue weighted by Gasteiger charge is -2.22. The third kappa shape index (κ3) is 7.13. The third-order valence-corrected chi connectivity index (χ3v) is 7.78. The summed E-state index contributed by atoms with van der Waals surface area (Å²) in [6.07, 6.45) is 0.